The second kappa shape index (κ2) is 5.27. The van der Waals surface area contributed by atoms with E-state index in [0.29, 0.717) is 29.7 Å². The van der Waals surface area contributed by atoms with Crippen molar-refractivity contribution in [2.45, 2.75) is 39.5 Å². The number of carbonyl (C=O) groups is 1. The molecule has 1 aliphatic heterocycles. The van der Waals surface area contributed by atoms with Crippen molar-refractivity contribution in [3.63, 3.8) is 0 Å². The second-order valence-corrected chi connectivity index (χ2v) is 7.11. The summed E-state index contributed by atoms with van der Waals surface area (Å²) in [5.74, 6) is 0.352. The molecule has 0 saturated heterocycles. The van der Waals surface area contributed by atoms with E-state index in [0.717, 1.165) is 11.1 Å². The summed E-state index contributed by atoms with van der Waals surface area (Å²) in [6.45, 7) is 6.08. The Kier molecular flexibility index (Phi) is 3.52. The minimum absolute atomic E-state index is 0.0436. The molecule has 0 amide bonds. The lowest BCUT2D eigenvalue weighted by molar-refractivity contribution is -0.119. The number of hydrogen-bond donors (Lipinski definition) is 1. The highest BCUT2D eigenvalue weighted by Gasteiger charge is 2.42. The number of nitriles is 1. The highest BCUT2D eigenvalue weighted by Crippen LogP contribution is 2.47. The average molecular weight is 308 g/mol. The molecule has 1 aromatic carbocycles. The first kappa shape index (κ1) is 15.4. The van der Waals surface area contributed by atoms with E-state index in [2.05, 4.69) is 6.07 Å². The third-order valence-electron chi connectivity index (χ3n) is 4.49. The van der Waals surface area contributed by atoms with Crippen LogP contribution in [0.3, 0.4) is 0 Å². The Bertz CT molecular complexity index is 777. The van der Waals surface area contributed by atoms with E-state index in [1.54, 1.807) is 0 Å². The number of benzene rings is 1. The van der Waals surface area contributed by atoms with Crippen LogP contribution in [-0.2, 0) is 9.53 Å². The Hall–Kier alpha value is -2.54. The van der Waals surface area contributed by atoms with Gasteiger partial charge < -0.3 is 10.5 Å². The molecule has 0 fully saturated rings. The summed E-state index contributed by atoms with van der Waals surface area (Å²) in [6.07, 6.45) is 1.10. The zero-order valence-electron chi connectivity index (χ0n) is 13.6. The molecule has 0 aromatic heterocycles. The monoisotopic (exact) mass is 308 g/mol. The number of rotatable bonds is 1. The number of nitrogens with zero attached hydrogens (tertiary/aromatic N) is 1. The van der Waals surface area contributed by atoms with Gasteiger partial charge in [0.2, 0.25) is 5.88 Å². The number of allylic oxidation sites excluding steroid dienone is 3. The number of hydrogen-bond acceptors (Lipinski definition) is 4. The maximum absolute atomic E-state index is 12.8. The van der Waals surface area contributed by atoms with E-state index in [4.69, 9.17) is 10.5 Å². The molecule has 2 N–H and O–H groups in total. The van der Waals surface area contributed by atoms with Crippen LogP contribution in [0.5, 0.6) is 0 Å². The minimum Gasteiger partial charge on any atom is -0.444 e. The molecule has 4 nitrogen and oxygen atoms in total. The van der Waals surface area contributed by atoms with Gasteiger partial charge in [0.05, 0.1) is 5.92 Å². The van der Waals surface area contributed by atoms with Crippen LogP contribution in [0.15, 0.2) is 47.1 Å². The van der Waals surface area contributed by atoms with Crippen LogP contribution in [0.4, 0.5) is 0 Å². The Labute approximate surface area is 136 Å². The molecule has 118 valence electrons. The van der Waals surface area contributed by atoms with Crippen molar-refractivity contribution in [3.05, 3.63) is 58.2 Å². The summed E-state index contributed by atoms with van der Waals surface area (Å²) in [5.41, 5.74) is 8.77. The summed E-state index contributed by atoms with van der Waals surface area (Å²) >= 11 is 0. The molecular weight excluding hydrogens is 288 g/mol. The van der Waals surface area contributed by atoms with Crippen molar-refractivity contribution in [1.29, 1.82) is 5.26 Å². The van der Waals surface area contributed by atoms with Crippen LogP contribution in [0, 0.1) is 23.7 Å². The Balaban J connectivity index is 2.17. The lowest BCUT2D eigenvalue weighted by atomic mass is 9.70. The standard InChI is InChI=1S/C19H20N2O2/c1-11-4-6-12(7-5-11)16-13(10-20)18(21)23-15-9-19(2,3)8-14(22)17(15)16/h4-7,16H,8-9,21H2,1-3H3/t16-/m1/s1. The van der Waals surface area contributed by atoms with E-state index in [-0.39, 0.29) is 17.1 Å². The molecule has 0 radical (unpaired) electrons. The molecule has 1 heterocycles. The van der Waals surface area contributed by atoms with E-state index < -0.39 is 5.92 Å². The minimum atomic E-state index is -0.423. The SMILES string of the molecule is Cc1ccc([C@@H]2C(C#N)=C(N)OC3=C2C(=O)CC(C)(C)C3)cc1. The lowest BCUT2D eigenvalue weighted by Gasteiger charge is -2.37. The van der Waals surface area contributed by atoms with Crippen molar-refractivity contribution in [2.75, 3.05) is 0 Å². The molecule has 23 heavy (non-hydrogen) atoms. The van der Waals surface area contributed by atoms with Gasteiger partial charge in [-0.05, 0) is 17.9 Å². The fourth-order valence-corrected chi connectivity index (χ4v) is 3.38. The number of aryl methyl sites for hydroxylation is 1. The van der Waals surface area contributed by atoms with Crippen LogP contribution >= 0.6 is 0 Å². The number of ether oxygens (including phenoxy) is 1. The zero-order chi connectivity index (χ0) is 16.8. The normalized spacial score (nSPS) is 23.2. The summed E-state index contributed by atoms with van der Waals surface area (Å²) in [4.78, 5) is 12.8. The van der Waals surface area contributed by atoms with Crippen LogP contribution in [0.1, 0.15) is 43.7 Å². The van der Waals surface area contributed by atoms with Gasteiger partial charge in [0.1, 0.15) is 17.4 Å². The van der Waals surface area contributed by atoms with Crippen LogP contribution in [-0.4, -0.2) is 5.78 Å². The quantitative estimate of drug-likeness (QED) is 0.862. The van der Waals surface area contributed by atoms with Crippen LogP contribution in [0.2, 0.25) is 0 Å². The van der Waals surface area contributed by atoms with Crippen molar-refractivity contribution < 1.29 is 9.53 Å². The molecule has 0 spiro atoms. The van der Waals surface area contributed by atoms with Gasteiger partial charge in [0.15, 0.2) is 5.78 Å². The fourth-order valence-electron chi connectivity index (χ4n) is 3.38. The molecule has 1 aromatic rings. The number of nitrogens with two attached hydrogens (primary N) is 1. The molecular formula is C19H20N2O2. The van der Waals surface area contributed by atoms with E-state index in [9.17, 15) is 10.1 Å². The first-order valence-electron chi connectivity index (χ1n) is 7.73. The van der Waals surface area contributed by atoms with Gasteiger partial charge in [0.25, 0.3) is 0 Å². The summed E-state index contributed by atoms with van der Waals surface area (Å²) in [5, 5.41) is 9.53. The summed E-state index contributed by atoms with van der Waals surface area (Å²) < 4.78 is 5.67. The molecule has 4 heteroatoms. The topological polar surface area (TPSA) is 76.1 Å². The molecule has 0 bridgehead atoms. The molecule has 1 atom stereocenters. The zero-order valence-corrected chi connectivity index (χ0v) is 13.6. The number of ketones is 1. The van der Waals surface area contributed by atoms with Gasteiger partial charge in [-0.1, -0.05) is 43.7 Å². The van der Waals surface area contributed by atoms with Crippen molar-refractivity contribution in [3.8, 4) is 6.07 Å². The Morgan fingerprint density at radius 1 is 1.26 bits per heavy atom. The second-order valence-electron chi connectivity index (χ2n) is 7.11. The van der Waals surface area contributed by atoms with Gasteiger partial charge in [-0.2, -0.15) is 5.26 Å². The molecule has 3 rings (SSSR count). The van der Waals surface area contributed by atoms with Gasteiger partial charge in [-0.25, -0.2) is 0 Å². The van der Waals surface area contributed by atoms with Gasteiger partial charge in [0, 0.05) is 18.4 Å². The molecule has 0 unspecified atom stereocenters. The van der Waals surface area contributed by atoms with Crippen molar-refractivity contribution in [2.24, 2.45) is 11.1 Å². The van der Waals surface area contributed by atoms with Gasteiger partial charge in [-0.3, -0.25) is 4.79 Å². The number of Topliss-reactive ketones (excluding diaryl/α,β-unsaturated/α-hetero) is 1. The summed E-state index contributed by atoms with van der Waals surface area (Å²) in [7, 11) is 0. The molecule has 0 saturated carbocycles. The highest BCUT2D eigenvalue weighted by atomic mass is 16.5. The van der Waals surface area contributed by atoms with E-state index >= 15 is 0 Å². The Morgan fingerprint density at radius 2 is 1.91 bits per heavy atom. The van der Waals surface area contributed by atoms with E-state index in [1.165, 1.54) is 0 Å². The van der Waals surface area contributed by atoms with Crippen LogP contribution in [0.25, 0.3) is 0 Å². The maximum Gasteiger partial charge on any atom is 0.205 e. The maximum atomic E-state index is 12.8. The van der Waals surface area contributed by atoms with Gasteiger partial charge >= 0.3 is 0 Å². The van der Waals surface area contributed by atoms with E-state index in [1.807, 2.05) is 45.0 Å². The van der Waals surface area contributed by atoms with Crippen molar-refractivity contribution in [1.82, 2.24) is 0 Å². The highest BCUT2D eigenvalue weighted by molar-refractivity contribution is 6.00. The first-order valence-corrected chi connectivity index (χ1v) is 7.73. The smallest absolute Gasteiger partial charge is 0.205 e. The predicted molar refractivity (Wildman–Crippen MR) is 86.9 cm³/mol. The summed E-state index contributed by atoms with van der Waals surface area (Å²) in [6, 6.07) is 10.00. The fraction of sp³-hybridized carbons (Fsp3) is 0.368. The third-order valence-corrected chi connectivity index (χ3v) is 4.49. The Morgan fingerprint density at radius 3 is 2.52 bits per heavy atom. The largest absolute Gasteiger partial charge is 0.444 e. The lowest BCUT2D eigenvalue weighted by Crippen LogP contribution is -2.33. The number of carbonyl (C=O) groups excluding carboxylic acids is 1. The average Bonchev–Trinajstić information content (AvgIpc) is 2.45. The predicted octanol–water partition coefficient (Wildman–Crippen LogP) is 3.45. The van der Waals surface area contributed by atoms with Crippen molar-refractivity contribution >= 4 is 5.78 Å². The molecule has 1 aliphatic carbocycles. The third kappa shape index (κ3) is 2.63. The first-order chi connectivity index (χ1) is 10.8. The van der Waals surface area contributed by atoms with Gasteiger partial charge in [-0.15, -0.1) is 0 Å². The van der Waals surface area contributed by atoms with Crippen LogP contribution < -0.4 is 5.73 Å². The molecule has 2 aliphatic rings.